The van der Waals surface area contributed by atoms with Crippen LogP contribution in [0.3, 0.4) is 0 Å². The average Bonchev–Trinajstić information content (AvgIpc) is 2.80. The molecule has 3 N–H and O–H groups in total. The first-order valence-corrected chi connectivity index (χ1v) is 6.58. The van der Waals surface area contributed by atoms with E-state index in [1.54, 1.807) is 24.3 Å². The summed E-state index contributed by atoms with van der Waals surface area (Å²) in [5.41, 5.74) is 0. The molecule has 2 unspecified atom stereocenters. The van der Waals surface area contributed by atoms with Crippen molar-refractivity contribution in [2.75, 3.05) is 19.7 Å². The van der Waals surface area contributed by atoms with Gasteiger partial charge in [0.15, 0.2) is 0 Å². The van der Waals surface area contributed by atoms with Crippen molar-refractivity contribution in [3.63, 3.8) is 0 Å². The van der Waals surface area contributed by atoms with Crippen LogP contribution in [0.2, 0.25) is 5.02 Å². The maximum Gasteiger partial charge on any atom is 0.221 e. The molecule has 1 heterocycles. The molecule has 1 aromatic carbocycles. The van der Waals surface area contributed by atoms with Gasteiger partial charge < -0.3 is 20.5 Å². The van der Waals surface area contributed by atoms with Crippen molar-refractivity contribution < 1.29 is 14.6 Å². The summed E-state index contributed by atoms with van der Waals surface area (Å²) in [7, 11) is 0. The molecule has 0 bridgehead atoms. The molecule has 1 fully saturated rings. The van der Waals surface area contributed by atoms with Crippen LogP contribution < -0.4 is 15.4 Å². The molecule has 1 aromatic rings. The Balaban J connectivity index is 1.67. The van der Waals surface area contributed by atoms with Crippen molar-refractivity contribution in [1.82, 2.24) is 10.6 Å². The highest BCUT2D eigenvalue weighted by molar-refractivity contribution is 6.30. The van der Waals surface area contributed by atoms with Gasteiger partial charge in [-0.15, -0.1) is 0 Å². The summed E-state index contributed by atoms with van der Waals surface area (Å²) in [6.07, 6.45) is -0.170. The first-order valence-electron chi connectivity index (χ1n) is 6.20. The standard InChI is InChI=1S/C13H17ClN2O3/c14-9-2-1-3-12(4-9)19-8-11(17)7-15-10-5-13(18)16-6-10/h1-4,10-11,15,17H,5-8H2,(H,16,18). The third-order valence-electron chi connectivity index (χ3n) is 2.86. The maximum atomic E-state index is 11.0. The van der Waals surface area contributed by atoms with E-state index < -0.39 is 6.10 Å². The van der Waals surface area contributed by atoms with Crippen LogP contribution in [0.5, 0.6) is 5.75 Å². The molecule has 0 spiro atoms. The zero-order valence-electron chi connectivity index (χ0n) is 10.4. The fourth-order valence-electron chi connectivity index (χ4n) is 1.86. The monoisotopic (exact) mass is 284 g/mol. The number of ether oxygens (including phenoxy) is 1. The van der Waals surface area contributed by atoms with E-state index in [2.05, 4.69) is 10.6 Å². The Hall–Kier alpha value is -1.30. The van der Waals surface area contributed by atoms with E-state index in [9.17, 15) is 9.90 Å². The van der Waals surface area contributed by atoms with Gasteiger partial charge in [-0.05, 0) is 18.2 Å². The zero-order chi connectivity index (χ0) is 13.7. The SMILES string of the molecule is O=C1CC(NCC(O)COc2cccc(Cl)c2)CN1. The third kappa shape index (κ3) is 4.70. The van der Waals surface area contributed by atoms with Gasteiger partial charge in [-0.3, -0.25) is 4.79 Å². The lowest BCUT2D eigenvalue weighted by Gasteiger charge is -2.16. The lowest BCUT2D eigenvalue weighted by Crippen LogP contribution is -2.39. The number of carbonyl (C=O) groups is 1. The Bertz CT molecular complexity index is 442. The van der Waals surface area contributed by atoms with E-state index in [1.807, 2.05) is 0 Å². The van der Waals surface area contributed by atoms with Crippen LogP contribution in [0.15, 0.2) is 24.3 Å². The molecule has 1 saturated heterocycles. The second kappa shape index (κ2) is 6.75. The Kier molecular flexibility index (Phi) is 5.01. The number of aliphatic hydroxyl groups excluding tert-OH is 1. The highest BCUT2D eigenvalue weighted by Gasteiger charge is 2.21. The van der Waals surface area contributed by atoms with Gasteiger partial charge in [0.25, 0.3) is 0 Å². The molecule has 1 amide bonds. The zero-order valence-corrected chi connectivity index (χ0v) is 11.2. The van der Waals surface area contributed by atoms with E-state index in [4.69, 9.17) is 16.3 Å². The van der Waals surface area contributed by atoms with Gasteiger partial charge >= 0.3 is 0 Å². The first-order chi connectivity index (χ1) is 9.13. The molecule has 0 radical (unpaired) electrons. The molecule has 2 rings (SSSR count). The fraction of sp³-hybridized carbons (Fsp3) is 0.462. The van der Waals surface area contributed by atoms with E-state index in [0.29, 0.717) is 30.3 Å². The van der Waals surface area contributed by atoms with Gasteiger partial charge in [0.05, 0.1) is 0 Å². The summed E-state index contributed by atoms with van der Waals surface area (Å²) in [5.74, 6) is 0.673. The average molecular weight is 285 g/mol. The van der Waals surface area contributed by atoms with Crippen molar-refractivity contribution in [2.45, 2.75) is 18.6 Å². The van der Waals surface area contributed by atoms with Crippen molar-refractivity contribution >= 4 is 17.5 Å². The number of carbonyl (C=O) groups excluding carboxylic acids is 1. The minimum absolute atomic E-state index is 0.0437. The Morgan fingerprint density at radius 3 is 3.11 bits per heavy atom. The number of amides is 1. The second-order valence-corrected chi connectivity index (χ2v) is 4.97. The molecule has 1 aliphatic rings. The molecular formula is C13H17ClN2O3. The van der Waals surface area contributed by atoms with Gasteiger partial charge in [-0.1, -0.05) is 17.7 Å². The van der Waals surface area contributed by atoms with Crippen LogP contribution in [0.1, 0.15) is 6.42 Å². The number of rotatable bonds is 6. The Morgan fingerprint density at radius 2 is 2.42 bits per heavy atom. The van der Waals surface area contributed by atoms with Crippen molar-refractivity contribution in [3.05, 3.63) is 29.3 Å². The van der Waals surface area contributed by atoms with Gasteiger partial charge in [-0.2, -0.15) is 0 Å². The Labute approximate surface area is 116 Å². The summed E-state index contributed by atoms with van der Waals surface area (Å²) >= 11 is 5.83. The van der Waals surface area contributed by atoms with Crippen LogP contribution in [-0.2, 0) is 4.79 Å². The lowest BCUT2D eigenvalue weighted by atomic mass is 10.2. The van der Waals surface area contributed by atoms with Gasteiger partial charge in [0.2, 0.25) is 5.91 Å². The molecule has 19 heavy (non-hydrogen) atoms. The fourth-order valence-corrected chi connectivity index (χ4v) is 2.04. The number of nitrogens with one attached hydrogen (secondary N) is 2. The minimum Gasteiger partial charge on any atom is -0.491 e. The van der Waals surface area contributed by atoms with E-state index in [0.717, 1.165) is 0 Å². The first kappa shape index (κ1) is 14.1. The van der Waals surface area contributed by atoms with E-state index in [-0.39, 0.29) is 18.6 Å². The van der Waals surface area contributed by atoms with Crippen molar-refractivity contribution in [1.29, 1.82) is 0 Å². The highest BCUT2D eigenvalue weighted by atomic mass is 35.5. The molecule has 5 nitrogen and oxygen atoms in total. The lowest BCUT2D eigenvalue weighted by molar-refractivity contribution is -0.119. The second-order valence-electron chi connectivity index (χ2n) is 4.54. The van der Waals surface area contributed by atoms with Crippen LogP contribution in [-0.4, -0.2) is 42.9 Å². The van der Waals surface area contributed by atoms with E-state index >= 15 is 0 Å². The molecule has 2 atom stereocenters. The maximum absolute atomic E-state index is 11.0. The molecule has 0 aliphatic carbocycles. The van der Waals surface area contributed by atoms with Crippen molar-refractivity contribution in [3.8, 4) is 5.75 Å². The number of halogens is 1. The molecule has 104 valence electrons. The molecule has 6 heteroatoms. The normalized spacial score (nSPS) is 20.1. The van der Waals surface area contributed by atoms with Crippen molar-refractivity contribution in [2.24, 2.45) is 0 Å². The third-order valence-corrected chi connectivity index (χ3v) is 3.09. The summed E-state index contributed by atoms with van der Waals surface area (Å²) in [5, 5.41) is 16.2. The van der Waals surface area contributed by atoms with Gasteiger partial charge in [-0.25, -0.2) is 0 Å². The summed E-state index contributed by atoms with van der Waals surface area (Å²) in [6.45, 7) is 1.18. The van der Waals surface area contributed by atoms with Gasteiger partial charge in [0.1, 0.15) is 18.5 Å². The van der Waals surface area contributed by atoms with Gasteiger partial charge in [0, 0.05) is 30.6 Å². The molecule has 0 saturated carbocycles. The summed E-state index contributed by atoms with van der Waals surface area (Å²) in [4.78, 5) is 11.0. The summed E-state index contributed by atoms with van der Waals surface area (Å²) < 4.78 is 5.43. The van der Waals surface area contributed by atoms with Crippen LogP contribution in [0.4, 0.5) is 0 Å². The number of aliphatic hydroxyl groups is 1. The molecule has 1 aliphatic heterocycles. The topological polar surface area (TPSA) is 70.6 Å². The van der Waals surface area contributed by atoms with E-state index in [1.165, 1.54) is 0 Å². The van der Waals surface area contributed by atoms with Crippen LogP contribution >= 0.6 is 11.6 Å². The highest BCUT2D eigenvalue weighted by Crippen LogP contribution is 2.17. The Morgan fingerprint density at radius 1 is 1.58 bits per heavy atom. The van der Waals surface area contributed by atoms with Crippen LogP contribution in [0, 0.1) is 0 Å². The largest absolute Gasteiger partial charge is 0.491 e. The number of hydrogen-bond acceptors (Lipinski definition) is 4. The smallest absolute Gasteiger partial charge is 0.221 e. The predicted octanol–water partition coefficient (Wildman–Crippen LogP) is 0.558. The molecular weight excluding hydrogens is 268 g/mol. The van der Waals surface area contributed by atoms with Crippen LogP contribution in [0.25, 0.3) is 0 Å². The number of hydrogen-bond donors (Lipinski definition) is 3. The quantitative estimate of drug-likeness (QED) is 0.714. The summed E-state index contributed by atoms with van der Waals surface area (Å²) in [6, 6.07) is 7.12. The number of benzene rings is 1. The predicted molar refractivity (Wildman–Crippen MR) is 72.4 cm³/mol. The minimum atomic E-state index is -0.630. The molecule has 0 aromatic heterocycles.